The Kier molecular flexibility index (Phi) is 2.96. The summed E-state index contributed by atoms with van der Waals surface area (Å²) in [4.78, 5) is 16.9. The van der Waals surface area contributed by atoms with Crippen LogP contribution in [0, 0.1) is 4.91 Å². The average Bonchev–Trinajstić information content (AvgIpc) is 2.50. The van der Waals surface area contributed by atoms with Gasteiger partial charge in [-0.15, -0.1) is 0 Å². The van der Waals surface area contributed by atoms with Crippen molar-refractivity contribution in [3.8, 4) is 0 Å². The lowest BCUT2D eigenvalue weighted by Crippen LogP contribution is -2.47. The van der Waals surface area contributed by atoms with Gasteiger partial charge in [-0.3, -0.25) is 5.22 Å². The lowest BCUT2D eigenvalue weighted by atomic mass is 9.84. The molecule has 19 heavy (non-hydrogen) atoms. The molecule has 0 amide bonds. The molecule has 1 aliphatic rings. The van der Waals surface area contributed by atoms with Crippen LogP contribution in [0.5, 0.6) is 0 Å². The van der Waals surface area contributed by atoms with Crippen LogP contribution in [0.4, 0.5) is 5.69 Å². The first-order valence-electron chi connectivity index (χ1n) is 6.02. The van der Waals surface area contributed by atoms with Crippen LogP contribution in [0.15, 0.2) is 34.5 Å². The Labute approximate surface area is 112 Å². The molecule has 0 aliphatic carbocycles. The van der Waals surface area contributed by atoms with Crippen molar-refractivity contribution in [2.45, 2.75) is 38.8 Å². The third-order valence-corrected chi connectivity index (χ3v) is 3.85. The van der Waals surface area contributed by atoms with E-state index in [9.17, 15) is 4.91 Å². The first kappa shape index (κ1) is 13.3. The third-order valence-electron chi connectivity index (χ3n) is 3.85. The van der Waals surface area contributed by atoms with Gasteiger partial charge in [-0.1, -0.05) is 22.0 Å². The summed E-state index contributed by atoms with van der Waals surface area (Å²) in [5.41, 5.74) is 12.0. The normalized spacial score (nSPS) is 20.0. The van der Waals surface area contributed by atoms with Gasteiger partial charge in [0.05, 0.1) is 5.56 Å². The molecule has 0 spiro atoms. The Hall–Kier alpha value is -2.11. The molecule has 6 heteroatoms. The number of aliphatic imine (C=N–C) groups is 1. The molecular weight excluding hydrogens is 242 g/mol. The first-order chi connectivity index (χ1) is 8.79. The summed E-state index contributed by atoms with van der Waals surface area (Å²) >= 11 is 0. The maximum Gasteiger partial charge on any atom is 0.364 e. The minimum atomic E-state index is -0.614. The maximum absolute atomic E-state index is 12.4. The smallest absolute Gasteiger partial charge is 0.362 e. The molecule has 1 heterocycles. The van der Waals surface area contributed by atoms with Gasteiger partial charge in [0.15, 0.2) is 11.1 Å². The molecule has 0 bridgehead atoms. The van der Waals surface area contributed by atoms with E-state index in [1.165, 1.54) is 0 Å². The summed E-state index contributed by atoms with van der Waals surface area (Å²) in [5, 5.41) is 2.74. The van der Waals surface area contributed by atoms with Gasteiger partial charge < -0.3 is 11.0 Å². The monoisotopic (exact) mass is 258 g/mol. The van der Waals surface area contributed by atoms with Crippen molar-refractivity contribution in [3.05, 3.63) is 40.3 Å². The van der Waals surface area contributed by atoms with Crippen LogP contribution in [0.2, 0.25) is 0 Å². The summed E-state index contributed by atoms with van der Waals surface area (Å²) in [5.74, 6) is 0.380. The zero-order valence-corrected chi connectivity index (χ0v) is 11.5. The SMILES string of the molecule is CC1(C)N=C(c2cccc([N]N=[N-])c2)[N+](=O)C1(C)C. The van der Waals surface area contributed by atoms with Gasteiger partial charge in [-0.2, -0.15) is 0 Å². The summed E-state index contributed by atoms with van der Waals surface area (Å²) in [7, 11) is 0. The summed E-state index contributed by atoms with van der Waals surface area (Å²) < 4.78 is 0.933. The molecule has 0 N–H and O–H groups in total. The minimum absolute atomic E-state index is 0.380. The van der Waals surface area contributed by atoms with E-state index in [4.69, 9.17) is 5.53 Å². The zero-order valence-electron chi connectivity index (χ0n) is 11.5. The Morgan fingerprint density at radius 1 is 1.26 bits per heavy atom. The molecular formula is C13H16N5O. The fourth-order valence-electron chi connectivity index (χ4n) is 1.90. The molecule has 0 atom stereocenters. The number of hydrogen-bond acceptors (Lipinski definition) is 3. The molecule has 1 aromatic carbocycles. The van der Waals surface area contributed by atoms with Gasteiger partial charge >= 0.3 is 5.84 Å². The maximum atomic E-state index is 12.4. The molecule has 0 aromatic heterocycles. The van der Waals surface area contributed by atoms with E-state index in [2.05, 4.69) is 15.6 Å². The van der Waals surface area contributed by atoms with E-state index in [0.717, 1.165) is 4.76 Å². The quantitative estimate of drug-likeness (QED) is 0.466. The number of nitrogens with zero attached hydrogens (tertiary/aromatic N) is 5. The fraction of sp³-hybridized carbons (Fsp3) is 0.462. The minimum Gasteiger partial charge on any atom is -0.362 e. The Bertz CT molecular complexity index is 574. The van der Waals surface area contributed by atoms with Crippen molar-refractivity contribution in [3.63, 3.8) is 0 Å². The predicted octanol–water partition coefficient (Wildman–Crippen LogP) is 2.96. The third kappa shape index (κ3) is 2.03. The Balaban J connectivity index is 2.46. The van der Waals surface area contributed by atoms with Gasteiger partial charge in [0.25, 0.3) is 0 Å². The summed E-state index contributed by atoms with van der Waals surface area (Å²) in [6, 6.07) is 6.89. The highest BCUT2D eigenvalue weighted by molar-refractivity contribution is 5.94. The van der Waals surface area contributed by atoms with Crippen LogP contribution < -0.4 is 5.43 Å². The summed E-state index contributed by atoms with van der Waals surface area (Å²) in [6.07, 6.45) is 0. The predicted molar refractivity (Wildman–Crippen MR) is 72.3 cm³/mol. The molecule has 99 valence electrons. The van der Waals surface area contributed by atoms with E-state index in [0.29, 0.717) is 17.1 Å². The van der Waals surface area contributed by atoms with Gasteiger partial charge in [-0.25, -0.2) is 0 Å². The lowest BCUT2D eigenvalue weighted by molar-refractivity contribution is -0.514. The second-order valence-electron chi connectivity index (χ2n) is 5.59. The van der Waals surface area contributed by atoms with Crippen molar-refractivity contribution >= 4 is 11.5 Å². The van der Waals surface area contributed by atoms with Crippen molar-refractivity contribution in [1.82, 2.24) is 5.43 Å². The number of nitroso groups, excluding NO2 is 1. The molecule has 1 aliphatic heterocycles. The Morgan fingerprint density at radius 3 is 2.47 bits per heavy atom. The van der Waals surface area contributed by atoms with E-state index in [-0.39, 0.29) is 0 Å². The highest BCUT2D eigenvalue weighted by Crippen LogP contribution is 2.36. The van der Waals surface area contributed by atoms with E-state index in [1.807, 2.05) is 27.7 Å². The summed E-state index contributed by atoms with van der Waals surface area (Å²) in [6.45, 7) is 7.60. The molecule has 0 fully saturated rings. The largest absolute Gasteiger partial charge is 0.364 e. The van der Waals surface area contributed by atoms with Crippen molar-refractivity contribution in [2.75, 3.05) is 0 Å². The first-order valence-corrected chi connectivity index (χ1v) is 6.02. The van der Waals surface area contributed by atoms with Gasteiger partial charge in [-0.05, 0) is 50.3 Å². The second-order valence-corrected chi connectivity index (χ2v) is 5.59. The number of rotatable bonds is 3. The molecule has 6 nitrogen and oxygen atoms in total. The standard InChI is InChI=1S/C13H16N5O/c1-12(2)13(3,4)18(19)11(15-12)9-6-5-7-10(8-9)16-17-14/h5-8H,1-4H3. The van der Waals surface area contributed by atoms with Crippen LogP contribution in [-0.2, 0) is 0 Å². The van der Waals surface area contributed by atoms with Crippen molar-refractivity contribution in [2.24, 2.45) is 10.2 Å². The number of amidine groups is 1. The van der Waals surface area contributed by atoms with E-state index >= 15 is 0 Å². The highest BCUT2D eigenvalue weighted by atomic mass is 16.3. The molecule has 0 saturated carbocycles. The van der Waals surface area contributed by atoms with Crippen molar-refractivity contribution in [1.29, 1.82) is 0 Å². The van der Waals surface area contributed by atoms with Gasteiger partial charge in [0, 0.05) is 0 Å². The topological polar surface area (TPSA) is 81.2 Å². The molecule has 2 rings (SSSR count). The van der Waals surface area contributed by atoms with Crippen LogP contribution in [0.1, 0.15) is 33.3 Å². The Morgan fingerprint density at radius 2 is 1.95 bits per heavy atom. The van der Waals surface area contributed by atoms with Crippen molar-refractivity contribution < 1.29 is 4.76 Å². The highest BCUT2D eigenvalue weighted by Gasteiger charge is 2.59. The lowest BCUT2D eigenvalue weighted by Gasteiger charge is -2.22. The molecule has 1 aromatic rings. The zero-order chi connectivity index (χ0) is 14.3. The number of hydrogen-bond donors (Lipinski definition) is 0. The van der Waals surface area contributed by atoms with Crippen LogP contribution in [0.3, 0.4) is 0 Å². The van der Waals surface area contributed by atoms with E-state index in [1.54, 1.807) is 24.3 Å². The average molecular weight is 258 g/mol. The van der Waals surface area contributed by atoms with Gasteiger partial charge in [0.1, 0.15) is 0 Å². The molecule has 0 saturated heterocycles. The van der Waals surface area contributed by atoms with Crippen LogP contribution in [0.25, 0.3) is 5.53 Å². The van der Waals surface area contributed by atoms with E-state index < -0.39 is 11.1 Å². The van der Waals surface area contributed by atoms with Gasteiger partial charge in [0.2, 0.25) is 0 Å². The van der Waals surface area contributed by atoms with Crippen LogP contribution >= 0.6 is 0 Å². The van der Waals surface area contributed by atoms with Crippen LogP contribution in [-0.4, -0.2) is 21.7 Å². The molecule has 1 radical (unpaired) electrons. The number of benzene rings is 1. The second kappa shape index (κ2) is 4.22. The fourth-order valence-corrected chi connectivity index (χ4v) is 1.90. The molecule has 0 unspecified atom stereocenters.